The fourth-order valence-corrected chi connectivity index (χ4v) is 3.24. The highest BCUT2D eigenvalue weighted by Crippen LogP contribution is 2.24. The third-order valence-electron chi connectivity index (χ3n) is 4.21. The monoisotopic (exact) mass is 322 g/mol. The summed E-state index contributed by atoms with van der Waals surface area (Å²) in [4.78, 5) is 25.7. The van der Waals surface area contributed by atoms with Gasteiger partial charge in [0.25, 0.3) is 0 Å². The van der Waals surface area contributed by atoms with Crippen LogP contribution in [0.25, 0.3) is 0 Å². The molecule has 2 amide bonds. The summed E-state index contributed by atoms with van der Waals surface area (Å²) in [6.07, 6.45) is 4.77. The van der Waals surface area contributed by atoms with Gasteiger partial charge in [0.2, 0.25) is 11.8 Å². The number of carbonyl (C=O) groups is 2. The normalized spacial score (nSPS) is 14.9. The molecule has 4 nitrogen and oxygen atoms in total. The number of hydrogen-bond acceptors (Lipinski definition) is 2. The van der Waals surface area contributed by atoms with Crippen molar-refractivity contribution in [2.45, 2.75) is 52.0 Å². The van der Waals surface area contributed by atoms with Gasteiger partial charge in [-0.05, 0) is 43.5 Å². The van der Waals surface area contributed by atoms with Gasteiger partial charge in [0, 0.05) is 36.6 Å². The first-order valence-corrected chi connectivity index (χ1v) is 8.18. The topological polar surface area (TPSA) is 49.4 Å². The molecule has 0 spiro atoms. The maximum atomic E-state index is 12.1. The Morgan fingerprint density at radius 2 is 2.00 bits per heavy atom. The molecule has 1 aromatic rings. The largest absolute Gasteiger partial charge is 0.339 e. The van der Waals surface area contributed by atoms with Crippen molar-refractivity contribution < 1.29 is 9.59 Å². The fourth-order valence-electron chi connectivity index (χ4n) is 3.02. The summed E-state index contributed by atoms with van der Waals surface area (Å²) >= 11 is 5.91. The Morgan fingerprint density at radius 1 is 1.32 bits per heavy atom. The van der Waals surface area contributed by atoms with Crippen molar-refractivity contribution in [2.75, 3.05) is 11.9 Å². The lowest BCUT2D eigenvalue weighted by Gasteiger charge is -2.27. The molecule has 5 heteroatoms. The first-order valence-electron chi connectivity index (χ1n) is 7.80. The average Bonchev–Trinajstić information content (AvgIpc) is 2.96. The van der Waals surface area contributed by atoms with Crippen molar-refractivity contribution in [3.63, 3.8) is 0 Å². The van der Waals surface area contributed by atoms with Crippen LogP contribution in [-0.2, 0) is 9.59 Å². The average molecular weight is 323 g/mol. The van der Waals surface area contributed by atoms with Crippen LogP contribution in [-0.4, -0.2) is 29.3 Å². The van der Waals surface area contributed by atoms with Gasteiger partial charge in [-0.1, -0.05) is 24.4 Å². The second-order valence-corrected chi connectivity index (χ2v) is 6.34. The van der Waals surface area contributed by atoms with Crippen molar-refractivity contribution in [2.24, 2.45) is 0 Å². The number of rotatable bonds is 5. The van der Waals surface area contributed by atoms with Crippen molar-refractivity contribution in [1.82, 2.24) is 4.90 Å². The summed E-state index contributed by atoms with van der Waals surface area (Å²) in [5.41, 5.74) is 1.70. The highest BCUT2D eigenvalue weighted by atomic mass is 35.5. The van der Waals surface area contributed by atoms with E-state index >= 15 is 0 Å². The summed E-state index contributed by atoms with van der Waals surface area (Å²) in [5, 5.41) is 3.54. The van der Waals surface area contributed by atoms with Gasteiger partial charge in [-0.3, -0.25) is 9.59 Å². The lowest BCUT2D eigenvalue weighted by Crippen LogP contribution is -2.39. The third-order valence-corrected chi connectivity index (χ3v) is 4.45. The maximum Gasteiger partial charge on any atom is 0.226 e. The van der Waals surface area contributed by atoms with E-state index in [0.717, 1.165) is 24.1 Å². The van der Waals surface area contributed by atoms with Crippen LogP contribution in [0, 0.1) is 6.92 Å². The Hall–Kier alpha value is -1.55. The Bertz CT molecular complexity index is 554. The van der Waals surface area contributed by atoms with Crippen LogP contribution in [0.1, 0.15) is 44.6 Å². The van der Waals surface area contributed by atoms with E-state index in [-0.39, 0.29) is 11.8 Å². The van der Waals surface area contributed by atoms with Gasteiger partial charge in [-0.15, -0.1) is 0 Å². The van der Waals surface area contributed by atoms with Crippen molar-refractivity contribution in [3.8, 4) is 0 Å². The molecule has 1 aromatic carbocycles. The number of nitrogens with zero attached hydrogens (tertiary/aromatic N) is 1. The predicted octanol–water partition coefficient (Wildman–Crippen LogP) is 3.77. The van der Waals surface area contributed by atoms with Gasteiger partial charge >= 0.3 is 0 Å². The molecule has 1 fully saturated rings. The number of amides is 2. The number of halogens is 1. The van der Waals surface area contributed by atoms with Gasteiger partial charge < -0.3 is 10.2 Å². The molecule has 0 aromatic heterocycles. The van der Waals surface area contributed by atoms with Gasteiger partial charge in [0.1, 0.15) is 0 Å². The molecule has 0 atom stereocenters. The maximum absolute atomic E-state index is 12.1. The fraction of sp³-hybridized carbons (Fsp3) is 0.529. The first kappa shape index (κ1) is 16.8. The molecule has 0 aliphatic heterocycles. The van der Waals surface area contributed by atoms with Gasteiger partial charge in [0.15, 0.2) is 0 Å². The van der Waals surface area contributed by atoms with Crippen LogP contribution in [0.3, 0.4) is 0 Å². The minimum Gasteiger partial charge on any atom is -0.339 e. The Kier molecular flexibility index (Phi) is 5.83. The standard InChI is InChI=1S/C17H23ClN2O2/c1-12-11-14(18)7-8-16(12)19-17(22)9-10-20(13(2)21)15-5-3-4-6-15/h7-8,11,15H,3-6,9-10H2,1-2H3,(H,19,22). The number of carbonyl (C=O) groups excluding carboxylic acids is 2. The van der Waals surface area contributed by atoms with E-state index in [1.54, 1.807) is 19.1 Å². The molecule has 2 rings (SSSR count). The molecule has 0 unspecified atom stereocenters. The zero-order valence-corrected chi connectivity index (χ0v) is 13.9. The summed E-state index contributed by atoms with van der Waals surface area (Å²) < 4.78 is 0. The van der Waals surface area contributed by atoms with Crippen LogP contribution < -0.4 is 5.32 Å². The molecule has 120 valence electrons. The van der Waals surface area contributed by atoms with E-state index < -0.39 is 0 Å². The quantitative estimate of drug-likeness (QED) is 0.897. The molecule has 0 heterocycles. The van der Waals surface area contributed by atoms with Gasteiger partial charge in [-0.25, -0.2) is 0 Å². The molecule has 1 aliphatic carbocycles. The van der Waals surface area contributed by atoms with E-state index in [4.69, 9.17) is 11.6 Å². The summed E-state index contributed by atoms with van der Waals surface area (Å²) in [6, 6.07) is 5.68. The molecule has 1 saturated carbocycles. The highest BCUT2D eigenvalue weighted by molar-refractivity contribution is 6.30. The lowest BCUT2D eigenvalue weighted by molar-refractivity contribution is -0.131. The second kappa shape index (κ2) is 7.63. The Morgan fingerprint density at radius 3 is 2.59 bits per heavy atom. The minimum atomic E-state index is -0.0744. The van der Waals surface area contributed by atoms with E-state index in [9.17, 15) is 9.59 Å². The Labute approximate surface area is 136 Å². The lowest BCUT2D eigenvalue weighted by atomic mass is 10.2. The zero-order chi connectivity index (χ0) is 16.1. The van der Waals surface area contributed by atoms with E-state index in [0.29, 0.717) is 24.0 Å². The second-order valence-electron chi connectivity index (χ2n) is 5.91. The van der Waals surface area contributed by atoms with Crippen molar-refractivity contribution in [1.29, 1.82) is 0 Å². The summed E-state index contributed by atoms with van der Waals surface area (Å²) in [7, 11) is 0. The van der Waals surface area contributed by atoms with Gasteiger partial charge in [-0.2, -0.15) is 0 Å². The molecular formula is C17H23ClN2O2. The summed E-state index contributed by atoms with van der Waals surface area (Å²) in [6.45, 7) is 3.97. The number of hydrogen-bond donors (Lipinski definition) is 1. The highest BCUT2D eigenvalue weighted by Gasteiger charge is 2.24. The smallest absolute Gasteiger partial charge is 0.226 e. The molecule has 0 bridgehead atoms. The SMILES string of the molecule is CC(=O)N(CCC(=O)Nc1ccc(Cl)cc1C)C1CCCC1. The third kappa shape index (κ3) is 4.47. The number of nitrogens with one attached hydrogen (secondary N) is 1. The van der Waals surface area contributed by atoms with E-state index in [1.165, 1.54) is 12.8 Å². The molecule has 22 heavy (non-hydrogen) atoms. The number of benzene rings is 1. The van der Waals surface area contributed by atoms with E-state index in [2.05, 4.69) is 5.32 Å². The minimum absolute atomic E-state index is 0.0578. The van der Waals surface area contributed by atoms with Crippen LogP contribution in [0.4, 0.5) is 5.69 Å². The molecule has 0 saturated heterocycles. The number of anilines is 1. The van der Waals surface area contributed by atoms with Crippen LogP contribution in [0.15, 0.2) is 18.2 Å². The zero-order valence-electron chi connectivity index (χ0n) is 13.2. The summed E-state index contributed by atoms with van der Waals surface area (Å²) in [5.74, 6) is -0.0166. The first-order chi connectivity index (χ1) is 10.5. The van der Waals surface area contributed by atoms with Crippen molar-refractivity contribution >= 4 is 29.1 Å². The molecule has 1 N–H and O–H groups in total. The van der Waals surface area contributed by atoms with Crippen LogP contribution in [0.2, 0.25) is 5.02 Å². The number of aryl methyl sites for hydroxylation is 1. The van der Waals surface area contributed by atoms with Gasteiger partial charge in [0.05, 0.1) is 0 Å². The molecule has 1 aliphatic rings. The van der Waals surface area contributed by atoms with Crippen LogP contribution in [0.5, 0.6) is 0 Å². The molecule has 0 radical (unpaired) electrons. The molecular weight excluding hydrogens is 300 g/mol. The Balaban J connectivity index is 1.89. The van der Waals surface area contributed by atoms with E-state index in [1.807, 2.05) is 17.9 Å². The van der Waals surface area contributed by atoms with Crippen molar-refractivity contribution in [3.05, 3.63) is 28.8 Å². The van der Waals surface area contributed by atoms with Crippen LogP contribution >= 0.6 is 11.6 Å². The predicted molar refractivity (Wildman–Crippen MR) is 89.1 cm³/mol.